The smallest absolute Gasteiger partial charge is 0.272 e. The summed E-state index contributed by atoms with van der Waals surface area (Å²) in [6.07, 6.45) is 3.08. The van der Waals surface area contributed by atoms with Crippen LogP contribution in [0.5, 0.6) is 0 Å². The van der Waals surface area contributed by atoms with E-state index in [1.165, 1.54) is 30.1 Å². The van der Waals surface area contributed by atoms with Crippen LogP contribution in [0.4, 0.5) is 11.4 Å². The molecule has 0 atom stereocenters. The molecular weight excluding hydrogens is 474 g/mol. The van der Waals surface area contributed by atoms with Crippen molar-refractivity contribution in [2.24, 2.45) is 0 Å². The number of aromatic nitrogens is 3. The predicted molar refractivity (Wildman–Crippen MR) is 140 cm³/mol. The summed E-state index contributed by atoms with van der Waals surface area (Å²) in [4.78, 5) is 30.2. The van der Waals surface area contributed by atoms with Crippen LogP contribution in [0.1, 0.15) is 21.5 Å². The molecule has 0 aliphatic heterocycles. The molecule has 3 aromatic carbocycles. The van der Waals surface area contributed by atoms with Gasteiger partial charge in [-0.3, -0.25) is 14.9 Å². The van der Waals surface area contributed by atoms with Gasteiger partial charge in [0.15, 0.2) is 5.65 Å². The molecule has 0 aliphatic carbocycles. The minimum Gasteiger partial charge on any atom is -0.322 e. The fourth-order valence-corrected chi connectivity index (χ4v) is 4.67. The number of amides is 1. The molecule has 0 fully saturated rings. The molecule has 5 aromatic rings. The van der Waals surface area contributed by atoms with E-state index in [0.29, 0.717) is 16.2 Å². The molecular formula is C27H21N5O3S. The van der Waals surface area contributed by atoms with Crippen LogP contribution >= 0.6 is 11.8 Å². The summed E-state index contributed by atoms with van der Waals surface area (Å²) < 4.78 is 1.62. The van der Waals surface area contributed by atoms with E-state index < -0.39 is 10.8 Å². The minimum absolute atomic E-state index is 0.109. The number of nitro groups is 1. The molecule has 0 radical (unpaired) electrons. The number of nitrogens with zero attached hydrogens (tertiary/aromatic N) is 4. The lowest BCUT2D eigenvalue weighted by atomic mass is 10.1. The second-order valence-electron chi connectivity index (χ2n) is 8.33. The molecule has 1 amide bonds. The summed E-state index contributed by atoms with van der Waals surface area (Å²) in [6, 6.07) is 22.2. The molecule has 36 heavy (non-hydrogen) atoms. The van der Waals surface area contributed by atoms with Crippen molar-refractivity contribution in [3.63, 3.8) is 0 Å². The quantitative estimate of drug-likeness (QED) is 0.218. The van der Waals surface area contributed by atoms with Gasteiger partial charge in [0, 0.05) is 39.4 Å². The van der Waals surface area contributed by atoms with Crippen molar-refractivity contribution in [3.05, 3.63) is 112 Å². The molecule has 8 nitrogen and oxygen atoms in total. The zero-order valence-corrected chi connectivity index (χ0v) is 20.3. The molecule has 0 aliphatic rings. The van der Waals surface area contributed by atoms with Crippen molar-refractivity contribution in [1.82, 2.24) is 14.6 Å². The predicted octanol–water partition coefficient (Wildman–Crippen LogP) is 6.32. The van der Waals surface area contributed by atoms with E-state index in [1.807, 2.05) is 68.4 Å². The van der Waals surface area contributed by atoms with Crippen LogP contribution in [0.15, 0.2) is 95.0 Å². The van der Waals surface area contributed by atoms with Crippen molar-refractivity contribution in [3.8, 4) is 11.3 Å². The molecule has 0 unspecified atom stereocenters. The first-order chi connectivity index (χ1) is 17.4. The summed E-state index contributed by atoms with van der Waals surface area (Å²) in [5, 5.41) is 18.7. The second-order valence-corrected chi connectivity index (χ2v) is 9.48. The van der Waals surface area contributed by atoms with Gasteiger partial charge < -0.3 is 5.32 Å². The van der Waals surface area contributed by atoms with E-state index in [9.17, 15) is 14.9 Å². The van der Waals surface area contributed by atoms with E-state index in [2.05, 4.69) is 15.4 Å². The molecule has 5 rings (SSSR count). The summed E-state index contributed by atoms with van der Waals surface area (Å²) >= 11 is 1.39. The number of carbonyl (C=O) groups excluding carboxylic acids is 1. The van der Waals surface area contributed by atoms with Gasteiger partial charge in [-0.1, -0.05) is 59.3 Å². The number of nitrogens with one attached hydrogen (secondary N) is 1. The van der Waals surface area contributed by atoms with Crippen LogP contribution in [0, 0.1) is 24.0 Å². The molecule has 9 heteroatoms. The third-order valence-electron chi connectivity index (χ3n) is 5.61. The van der Waals surface area contributed by atoms with Crippen LogP contribution in [0.3, 0.4) is 0 Å². The van der Waals surface area contributed by atoms with Gasteiger partial charge in [-0.15, -0.1) is 0 Å². The number of rotatable bonds is 6. The third kappa shape index (κ3) is 4.82. The Morgan fingerprint density at radius 3 is 2.33 bits per heavy atom. The van der Waals surface area contributed by atoms with Crippen molar-refractivity contribution < 1.29 is 9.72 Å². The number of fused-ring (bicyclic) bond motifs is 1. The summed E-state index contributed by atoms with van der Waals surface area (Å²) in [7, 11) is 0. The van der Waals surface area contributed by atoms with Crippen molar-refractivity contribution in [1.29, 1.82) is 0 Å². The average Bonchev–Trinajstić information content (AvgIpc) is 3.30. The number of anilines is 1. The molecule has 2 aromatic heterocycles. The highest BCUT2D eigenvalue weighted by Gasteiger charge is 2.18. The van der Waals surface area contributed by atoms with E-state index in [1.54, 1.807) is 16.8 Å². The molecule has 0 saturated heterocycles. The molecule has 0 saturated carbocycles. The number of hydrogen-bond acceptors (Lipinski definition) is 6. The van der Waals surface area contributed by atoms with Crippen LogP contribution in [-0.2, 0) is 0 Å². The highest BCUT2D eigenvalue weighted by molar-refractivity contribution is 7.99. The summed E-state index contributed by atoms with van der Waals surface area (Å²) in [5.41, 5.74) is 4.87. The zero-order valence-electron chi connectivity index (χ0n) is 19.5. The fourth-order valence-electron chi connectivity index (χ4n) is 3.76. The number of benzene rings is 3. The first-order valence-corrected chi connectivity index (χ1v) is 11.9. The maximum atomic E-state index is 13.2. The molecule has 0 spiro atoms. The van der Waals surface area contributed by atoms with E-state index >= 15 is 0 Å². The van der Waals surface area contributed by atoms with Crippen molar-refractivity contribution in [2.75, 3.05) is 5.32 Å². The molecule has 1 N–H and O–H groups in total. The Morgan fingerprint density at radius 1 is 0.944 bits per heavy atom. The first-order valence-electron chi connectivity index (χ1n) is 11.1. The standard InChI is InChI=1S/C27H21N5O3S/c1-17-3-7-19(8-4-17)25-11-12-28-26-24(16-29-31(25)26)27(33)30-20-13-21(32(34)35)15-23(14-20)36-22-9-5-18(2)6-10-22/h3-16H,1-2H3,(H,30,33). The summed E-state index contributed by atoms with van der Waals surface area (Å²) in [6.45, 7) is 4.01. The van der Waals surface area contributed by atoms with Gasteiger partial charge in [-0.05, 0) is 38.1 Å². The maximum Gasteiger partial charge on any atom is 0.272 e. The molecule has 0 bridgehead atoms. The van der Waals surface area contributed by atoms with E-state index in [4.69, 9.17) is 0 Å². The summed E-state index contributed by atoms with van der Waals surface area (Å²) in [5.74, 6) is -0.453. The van der Waals surface area contributed by atoms with Crippen molar-refractivity contribution >= 4 is 34.7 Å². The van der Waals surface area contributed by atoms with Gasteiger partial charge >= 0.3 is 0 Å². The van der Waals surface area contributed by atoms with Gasteiger partial charge in [0.05, 0.1) is 16.8 Å². The molecule has 2 heterocycles. The Labute approximate surface area is 211 Å². The van der Waals surface area contributed by atoms with Crippen LogP contribution < -0.4 is 5.32 Å². The lowest BCUT2D eigenvalue weighted by molar-refractivity contribution is -0.385. The average molecular weight is 496 g/mol. The Kier molecular flexibility index (Phi) is 6.22. The van der Waals surface area contributed by atoms with Crippen LogP contribution in [0.25, 0.3) is 16.9 Å². The fraction of sp³-hybridized carbons (Fsp3) is 0.0741. The van der Waals surface area contributed by atoms with E-state index in [-0.39, 0.29) is 11.3 Å². The maximum absolute atomic E-state index is 13.2. The number of carbonyl (C=O) groups is 1. The molecule has 178 valence electrons. The lowest BCUT2D eigenvalue weighted by Crippen LogP contribution is -2.12. The van der Waals surface area contributed by atoms with Crippen LogP contribution in [0.2, 0.25) is 0 Å². The zero-order chi connectivity index (χ0) is 25.2. The Balaban J connectivity index is 1.45. The Morgan fingerprint density at radius 2 is 1.64 bits per heavy atom. The Hall–Kier alpha value is -4.50. The van der Waals surface area contributed by atoms with Gasteiger partial charge in [0.25, 0.3) is 11.6 Å². The largest absolute Gasteiger partial charge is 0.322 e. The van der Waals surface area contributed by atoms with Gasteiger partial charge in [-0.25, -0.2) is 9.50 Å². The number of nitro benzene ring substituents is 1. The first kappa shape index (κ1) is 23.3. The Bertz CT molecular complexity index is 1590. The number of non-ortho nitro benzene ring substituents is 1. The topological polar surface area (TPSA) is 102 Å². The normalized spacial score (nSPS) is 10.9. The second kappa shape index (κ2) is 9.63. The third-order valence-corrected chi connectivity index (χ3v) is 6.59. The lowest BCUT2D eigenvalue weighted by Gasteiger charge is -2.08. The number of aryl methyl sites for hydroxylation is 2. The minimum atomic E-state index is -0.473. The van der Waals surface area contributed by atoms with Gasteiger partial charge in [0.2, 0.25) is 0 Å². The monoisotopic (exact) mass is 495 g/mol. The van der Waals surface area contributed by atoms with E-state index in [0.717, 1.165) is 27.3 Å². The van der Waals surface area contributed by atoms with Gasteiger partial charge in [0.1, 0.15) is 5.56 Å². The SMILES string of the molecule is Cc1ccc(Sc2cc(NC(=O)c3cnn4c(-c5ccc(C)cc5)ccnc34)cc([N+](=O)[O-])c2)cc1. The van der Waals surface area contributed by atoms with Crippen LogP contribution in [-0.4, -0.2) is 25.4 Å². The number of hydrogen-bond donors (Lipinski definition) is 1. The van der Waals surface area contributed by atoms with Gasteiger partial charge in [-0.2, -0.15) is 5.10 Å². The van der Waals surface area contributed by atoms with Crippen molar-refractivity contribution in [2.45, 2.75) is 23.6 Å². The highest BCUT2D eigenvalue weighted by Crippen LogP contribution is 2.33. The highest BCUT2D eigenvalue weighted by atomic mass is 32.2.